The fraction of sp³-hybridized carbons (Fsp3) is 0.600. The first kappa shape index (κ1) is 17.9. The van der Waals surface area contributed by atoms with Crippen LogP contribution in [0.5, 0.6) is 0 Å². The van der Waals surface area contributed by atoms with Crippen LogP contribution in [0, 0.1) is 5.82 Å². The first-order valence-corrected chi connectivity index (χ1v) is 6.90. The summed E-state index contributed by atoms with van der Waals surface area (Å²) in [5.74, 6) is -1.35. The van der Waals surface area contributed by atoms with Crippen LogP contribution < -0.4 is 0 Å². The molecule has 6 heteroatoms. The van der Waals surface area contributed by atoms with E-state index in [0.29, 0.717) is 25.5 Å². The molecule has 0 radical (unpaired) electrons. The Morgan fingerprint density at radius 3 is 2.14 bits per heavy atom. The van der Waals surface area contributed by atoms with E-state index in [9.17, 15) is 22.7 Å². The molecule has 0 fully saturated rings. The minimum atomic E-state index is -4.80. The molecule has 0 bridgehead atoms. The van der Waals surface area contributed by atoms with Gasteiger partial charge in [0.2, 0.25) is 0 Å². The van der Waals surface area contributed by atoms with Crippen molar-refractivity contribution in [1.82, 2.24) is 0 Å². The highest BCUT2D eigenvalue weighted by molar-refractivity contribution is 5.30. The normalized spacial score (nSPS) is 14.3. The lowest BCUT2D eigenvalue weighted by Crippen LogP contribution is -2.38. The Bertz CT molecular complexity index is 467. The fourth-order valence-corrected chi connectivity index (χ4v) is 2.44. The van der Waals surface area contributed by atoms with Gasteiger partial charge in [0.1, 0.15) is 11.9 Å². The molecule has 0 aliphatic rings. The molecule has 1 aromatic rings. The van der Waals surface area contributed by atoms with Gasteiger partial charge in [-0.3, -0.25) is 0 Å². The molecule has 0 aromatic heterocycles. The van der Waals surface area contributed by atoms with Crippen LogP contribution in [0.15, 0.2) is 18.2 Å². The van der Waals surface area contributed by atoms with Gasteiger partial charge in [-0.25, -0.2) is 4.39 Å². The van der Waals surface area contributed by atoms with Crippen molar-refractivity contribution in [1.29, 1.82) is 0 Å². The standard InChI is InChI=1S/C15H20F4O2/c1-4-14(5-2,21-6-3)13(20)10-7-8-12(16)11(9-10)15(17,18)19/h7-9,13,20H,4-6H2,1-3H3. The highest BCUT2D eigenvalue weighted by Crippen LogP contribution is 2.38. The van der Waals surface area contributed by atoms with Crippen LogP contribution in [0.4, 0.5) is 17.6 Å². The summed E-state index contributed by atoms with van der Waals surface area (Å²) < 4.78 is 57.1. The van der Waals surface area contributed by atoms with Gasteiger partial charge >= 0.3 is 6.18 Å². The molecule has 0 saturated heterocycles. The van der Waals surface area contributed by atoms with Crippen LogP contribution in [0.25, 0.3) is 0 Å². The van der Waals surface area contributed by atoms with Gasteiger partial charge in [-0.05, 0) is 37.5 Å². The first-order valence-electron chi connectivity index (χ1n) is 6.90. The largest absolute Gasteiger partial charge is 0.419 e. The van der Waals surface area contributed by atoms with Crippen LogP contribution in [-0.2, 0) is 10.9 Å². The zero-order valence-corrected chi connectivity index (χ0v) is 12.3. The Morgan fingerprint density at radius 1 is 1.14 bits per heavy atom. The number of ether oxygens (including phenoxy) is 1. The second kappa shape index (κ2) is 6.75. The zero-order chi connectivity index (χ0) is 16.3. The summed E-state index contributed by atoms with van der Waals surface area (Å²) in [6, 6.07) is 2.54. The summed E-state index contributed by atoms with van der Waals surface area (Å²) >= 11 is 0. The molecule has 2 nitrogen and oxygen atoms in total. The van der Waals surface area contributed by atoms with E-state index in [2.05, 4.69) is 0 Å². The van der Waals surface area contributed by atoms with Crippen LogP contribution in [0.2, 0.25) is 0 Å². The molecular formula is C15H20F4O2. The predicted molar refractivity (Wildman–Crippen MR) is 71.3 cm³/mol. The Balaban J connectivity index is 3.26. The third-order valence-electron chi connectivity index (χ3n) is 3.74. The molecule has 0 saturated carbocycles. The van der Waals surface area contributed by atoms with E-state index >= 15 is 0 Å². The van der Waals surface area contributed by atoms with Gasteiger partial charge in [0, 0.05) is 6.61 Å². The van der Waals surface area contributed by atoms with Crippen LogP contribution in [0.1, 0.15) is 50.8 Å². The van der Waals surface area contributed by atoms with E-state index in [1.165, 1.54) is 0 Å². The van der Waals surface area contributed by atoms with Crippen molar-refractivity contribution >= 4 is 0 Å². The van der Waals surface area contributed by atoms with Crippen LogP contribution >= 0.6 is 0 Å². The molecule has 1 rings (SSSR count). The maximum absolute atomic E-state index is 13.3. The monoisotopic (exact) mass is 308 g/mol. The molecule has 0 heterocycles. The summed E-state index contributed by atoms with van der Waals surface area (Å²) in [6.45, 7) is 5.65. The molecule has 1 atom stereocenters. The van der Waals surface area contributed by atoms with E-state index < -0.39 is 29.3 Å². The molecular weight excluding hydrogens is 288 g/mol. The smallest absolute Gasteiger partial charge is 0.385 e. The minimum absolute atomic E-state index is 0.000810. The average molecular weight is 308 g/mol. The van der Waals surface area contributed by atoms with Gasteiger partial charge in [-0.15, -0.1) is 0 Å². The summed E-state index contributed by atoms with van der Waals surface area (Å²) in [5.41, 5.74) is -2.35. The molecule has 0 aliphatic carbocycles. The topological polar surface area (TPSA) is 29.5 Å². The number of aliphatic hydroxyl groups is 1. The Morgan fingerprint density at radius 2 is 1.71 bits per heavy atom. The van der Waals surface area contributed by atoms with Gasteiger partial charge in [0.15, 0.2) is 0 Å². The molecule has 1 N–H and O–H groups in total. The predicted octanol–water partition coefficient (Wildman–Crippen LogP) is 4.47. The second-order valence-electron chi connectivity index (χ2n) is 4.84. The van der Waals surface area contributed by atoms with Crippen molar-refractivity contribution in [2.24, 2.45) is 0 Å². The van der Waals surface area contributed by atoms with E-state index in [1.807, 2.05) is 0 Å². The van der Waals surface area contributed by atoms with Gasteiger partial charge < -0.3 is 9.84 Å². The van der Waals surface area contributed by atoms with Crippen molar-refractivity contribution in [2.75, 3.05) is 6.61 Å². The summed E-state index contributed by atoms with van der Waals surface area (Å²) in [5, 5.41) is 10.4. The number of hydrogen-bond acceptors (Lipinski definition) is 2. The third-order valence-corrected chi connectivity index (χ3v) is 3.74. The number of rotatable bonds is 6. The van der Waals surface area contributed by atoms with Crippen molar-refractivity contribution < 1.29 is 27.4 Å². The first-order chi connectivity index (χ1) is 9.71. The Labute approximate surface area is 121 Å². The van der Waals surface area contributed by atoms with Crippen molar-refractivity contribution in [3.05, 3.63) is 35.1 Å². The van der Waals surface area contributed by atoms with Gasteiger partial charge in [-0.2, -0.15) is 13.2 Å². The van der Waals surface area contributed by atoms with Crippen molar-refractivity contribution in [2.45, 2.75) is 51.5 Å². The van der Waals surface area contributed by atoms with E-state index in [0.717, 1.165) is 12.1 Å². The molecule has 1 unspecified atom stereocenters. The van der Waals surface area contributed by atoms with Crippen LogP contribution in [0.3, 0.4) is 0 Å². The Kier molecular flexibility index (Phi) is 5.75. The summed E-state index contributed by atoms with van der Waals surface area (Å²) in [4.78, 5) is 0. The number of alkyl halides is 3. The maximum atomic E-state index is 13.3. The molecule has 0 aliphatic heterocycles. The maximum Gasteiger partial charge on any atom is 0.419 e. The average Bonchev–Trinajstić information content (AvgIpc) is 2.43. The highest BCUT2D eigenvalue weighted by Gasteiger charge is 2.39. The number of aliphatic hydroxyl groups excluding tert-OH is 1. The number of benzene rings is 1. The Hall–Kier alpha value is -1.14. The molecule has 21 heavy (non-hydrogen) atoms. The molecule has 0 amide bonds. The molecule has 0 spiro atoms. The van der Waals surface area contributed by atoms with Gasteiger partial charge in [0.25, 0.3) is 0 Å². The molecule has 120 valence electrons. The SMILES string of the molecule is CCOC(CC)(CC)C(O)c1ccc(F)c(C(F)(F)F)c1. The third kappa shape index (κ3) is 3.74. The van der Waals surface area contributed by atoms with Gasteiger partial charge in [-0.1, -0.05) is 19.9 Å². The number of halogens is 4. The number of hydrogen-bond donors (Lipinski definition) is 1. The summed E-state index contributed by atoms with van der Waals surface area (Å²) in [7, 11) is 0. The van der Waals surface area contributed by atoms with Crippen LogP contribution in [-0.4, -0.2) is 17.3 Å². The molecule has 1 aromatic carbocycles. The van der Waals surface area contributed by atoms with Crippen molar-refractivity contribution in [3.8, 4) is 0 Å². The van der Waals surface area contributed by atoms with Gasteiger partial charge in [0.05, 0.1) is 11.2 Å². The van der Waals surface area contributed by atoms with Crippen molar-refractivity contribution in [3.63, 3.8) is 0 Å². The van der Waals surface area contributed by atoms with E-state index in [-0.39, 0.29) is 5.56 Å². The highest BCUT2D eigenvalue weighted by atomic mass is 19.4. The minimum Gasteiger partial charge on any atom is -0.385 e. The summed E-state index contributed by atoms with van der Waals surface area (Å²) in [6.07, 6.45) is -5.20. The fourth-order valence-electron chi connectivity index (χ4n) is 2.44. The lowest BCUT2D eigenvalue weighted by Gasteiger charge is -2.36. The van der Waals surface area contributed by atoms with E-state index in [1.54, 1.807) is 20.8 Å². The quantitative estimate of drug-likeness (QED) is 0.786. The van der Waals surface area contributed by atoms with E-state index in [4.69, 9.17) is 4.74 Å². The zero-order valence-electron chi connectivity index (χ0n) is 12.3. The second-order valence-corrected chi connectivity index (χ2v) is 4.84. The lowest BCUT2D eigenvalue weighted by molar-refractivity contribution is -0.141. The lowest BCUT2D eigenvalue weighted by atomic mass is 9.85.